The summed E-state index contributed by atoms with van der Waals surface area (Å²) in [7, 11) is 0. The van der Waals surface area contributed by atoms with Crippen molar-refractivity contribution in [1.29, 1.82) is 0 Å². The van der Waals surface area contributed by atoms with Gasteiger partial charge in [0, 0.05) is 25.2 Å². The summed E-state index contributed by atoms with van der Waals surface area (Å²) >= 11 is 0. The van der Waals surface area contributed by atoms with Crippen molar-refractivity contribution >= 4 is 11.5 Å². The normalized spacial score (nSPS) is 15.2. The topological polar surface area (TPSA) is 55.6 Å². The molecule has 1 heterocycles. The standard InChI is InChI=1S/C20H22N2O2/c1-15(20(21)23)17-6-8-19(9-7-17)18-4-2-16(3-5-18)14-22-10-12-24-13-11-22/h2-9H,1,10-14H2,(H2,21,23). The number of hydrogen-bond acceptors (Lipinski definition) is 3. The van der Waals surface area contributed by atoms with Crippen molar-refractivity contribution in [1.82, 2.24) is 4.90 Å². The minimum Gasteiger partial charge on any atom is -0.379 e. The van der Waals surface area contributed by atoms with Crippen molar-refractivity contribution in [3.8, 4) is 11.1 Å². The second-order valence-electron chi connectivity index (χ2n) is 6.01. The predicted octanol–water partition coefficient (Wildman–Crippen LogP) is 2.68. The van der Waals surface area contributed by atoms with Crippen LogP contribution in [0.1, 0.15) is 11.1 Å². The number of morpholine rings is 1. The second kappa shape index (κ2) is 7.43. The number of rotatable bonds is 5. The van der Waals surface area contributed by atoms with Gasteiger partial charge in [0.25, 0.3) is 0 Å². The first-order valence-electron chi connectivity index (χ1n) is 8.12. The minimum absolute atomic E-state index is 0.336. The molecule has 0 unspecified atom stereocenters. The quantitative estimate of drug-likeness (QED) is 0.861. The number of carbonyl (C=O) groups is 1. The van der Waals surface area contributed by atoms with Crippen LogP contribution < -0.4 is 5.73 Å². The molecule has 0 atom stereocenters. The zero-order valence-electron chi connectivity index (χ0n) is 13.7. The molecule has 3 rings (SSSR count). The molecule has 2 N–H and O–H groups in total. The third-order valence-electron chi connectivity index (χ3n) is 4.33. The number of amides is 1. The number of nitrogens with zero attached hydrogens (tertiary/aromatic N) is 1. The van der Waals surface area contributed by atoms with E-state index in [1.165, 1.54) is 5.56 Å². The Morgan fingerprint density at radius 1 is 1.00 bits per heavy atom. The number of nitrogens with two attached hydrogens (primary N) is 1. The Morgan fingerprint density at radius 3 is 2.08 bits per heavy atom. The lowest BCUT2D eigenvalue weighted by Crippen LogP contribution is -2.35. The maximum absolute atomic E-state index is 11.2. The van der Waals surface area contributed by atoms with Crippen LogP contribution in [0.25, 0.3) is 16.7 Å². The van der Waals surface area contributed by atoms with Gasteiger partial charge in [-0.2, -0.15) is 0 Å². The number of benzene rings is 2. The smallest absolute Gasteiger partial charge is 0.248 e. The summed E-state index contributed by atoms with van der Waals surface area (Å²) in [6.07, 6.45) is 0. The van der Waals surface area contributed by atoms with Crippen molar-refractivity contribution in [3.63, 3.8) is 0 Å². The number of primary amides is 1. The Labute approximate surface area is 142 Å². The fourth-order valence-electron chi connectivity index (χ4n) is 2.83. The molecule has 0 saturated carbocycles. The fraction of sp³-hybridized carbons (Fsp3) is 0.250. The molecule has 1 aliphatic heterocycles. The maximum atomic E-state index is 11.2. The van der Waals surface area contributed by atoms with E-state index in [0.717, 1.165) is 49.5 Å². The molecule has 4 heteroatoms. The van der Waals surface area contributed by atoms with Gasteiger partial charge < -0.3 is 10.5 Å². The van der Waals surface area contributed by atoms with Gasteiger partial charge in [0.1, 0.15) is 0 Å². The van der Waals surface area contributed by atoms with Gasteiger partial charge in [-0.1, -0.05) is 55.1 Å². The Bertz CT molecular complexity index is 714. The Hall–Kier alpha value is -2.43. The lowest BCUT2D eigenvalue weighted by atomic mass is 10.00. The zero-order chi connectivity index (χ0) is 16.9. The zero-order valence-corrected chi connectivity index (χ0v) is 13.7. The van der Waals surface area contributed by atoms with Crippen molar-refractivity contribution in [2.45, 2.75) is 6.54 Å². The van der Waals surface area contributed by atoms with Gasteiger partial charge in [0.2, 0.25) is 5.91 Å². The summed E-state index contributed by atoms with van der Waals surface area (Å²) in [5.74, 6) is -0.491. The van der Waals surface area contributed by atoms with Crippen LogP contribution in [0.2, 0.25) is 0 Å². The first-order valence-corrected chi connectivity index (χ1v) is 8.12. The Morgan fingerprint density at radius 2 is 1.54 bits per heavy atom. The highest BCUT2D eigenvalue weighted by Gasteiger charge is 2.10. The third kappa shape index (κ3) is 3.91. The van der Waals surface area contributed by atoms with Crippen LogP contribution in [0.4, 0.5) is 0 Å². The molecular weight excluding hydrogens is 300 g/mol. The van der Waals surface area contributed by atoms with E-state index in [2.05, 4.69) is 35.7 Å². The summed E-state index contributed by atoms with van der Waals surface area (Å²) in [6.45, 7) is 8.29. The maximum Gasteiger partial charge on any atom is 0.248 e. The highest BCUT2D eigenvalue weighted by molar-refractivity contribution is 6.17. The number of hydrogen-bond donors (Lipinski definition) is 1. The van der Waals surface area contributed by atoms with Crippen LogP contribution in [0, 0.1) is 0 Å². The average molecular weight is 322 g/mol. The van der Waals surface area contributed by atoms with Crippen LogP contribution in [-0.2, 0) is 16.1 Å². The molecule has 4 nitrogen and oxygen atoms in total. The molecule has 2 aromatic carbocycles. The van der Waals surface area contributed by atoms with E-state index >= 15 is 0 Å². The molecule has 1 amide bonds. The first kappa shape index (κ1) is 16.4. The van der Waals surface area contributed by atoms with Gasteiger partial charge in [0.05, 0.1) is 13.2 Å². The lowest BCUT2D eigenvalue weighted by Gasteiger charge is -2.26. The molecular formula is C20H22N2O2. The molecule has 0 radical (unpaired) electrons. The van der Waals surface area contributed by atoms with Crippen LogP contribution in [0.15, 0.2) is 55.1 Å². The van der Waals surface area contributed by atoms with Crippen molar-refractivity contribution in [3.05, 3.63) is 66.2 Å². The molecule has 2 aromatic rings. The summed E-state index contributed by atoms with van der Waals surface area (Å²) in [5.41, 5.74) is 9.92. The summed E-state index contributed by atoms with van der Waals surface area (Å²) in [4.78, 5) is 13.6. The summed E-state index contributed by atoms with van der Waals surface area (Å²) in [6, 6.07) is 16.3. The third-order valence-corrected chi connectivity index (χ3v) is 4.33. The molecule has 0 aliphatic carbocycles. The van der Waals surface area contributed by atoms with Crippen molar-refractivity contribution in [2.24, 2.45) is 5.73 Å². The van der Waals surface area contributed by atoms with Gasteiger partial charge in [-0.3, -0.25) is 9.69 Å². The largest absolute Gasteiger partial charge is 0.379 e. The van der Waals surface area contributed by atoms with Gasteiger partial charge in [-0.15, -0.1) is 0 Å². The molecule has 0 aromatic heterocycles. The van der Waals surface area contributed by atoms with Crippen LogP contribution in [-0.4, -0.2) is 37.1 Å². The van der Waals surface area contributed by atoms with E-state index in [4.69, 9.17) is 10.5 Å². The van der Waals surface area contributed by atoms with Gasteiger partial charge in [0.15, 0.2) is 0 Å². The molecule has 1 saturated heterocycles. The average Bonchev–Trinajstić information content (AvgIpc) is 2.63. The second-order valence-corrected chi connectivity index (χ2v) is 6.01. The number of carbonyl (C=O) groups excluding carboxylic acids is 1. The van der Waals surface area contributed by atoms with Crippen molar-refractivity contribution in [2.75, 3.05) is 26.3 Å². The van der Waals surface area contributed by atoms with E-state index in [-0.39, 0.29) is 0 Å². The van der Waals surface area contributed by atoms with Crippen LogP contribution >= 0.6 is 0 Å². The SMILES string of the molecule is C=C(C(N)=O)c1ccc(-c2ccc(CN3CCOCC3)cc2)cc1. The molecule has 124 valence electrons. The molecule has 24 heavy (non-hydrogen) atoms. The summed E-state index contributed by atoms with van der Waals surface area (Å²) < 4.78 is 5.38. The minimum atomic E-state index is -0.491. The van der Waals surface area contributed by atoms with E-state index in [9.17, 15) is 4.79 Å². The van der Waals surface area contributed by atoms with Gasteiger partial charge in [-0.05, 0) is 22.3 Å². The molecule has 1 aliphatic rings. The number of ether oxygens (including phenoxy) is 1. The van der Waals surface area contributed by atoms with Crippen LogP contribution in [0.5, 0.6) is 0 Å². The van der Waals surface area contributed by atoms with E-state index in [0.29, 0.717) is 5.57 Å². The highest BCUT2D eigenvalue weighted by Crippen LogP contribution is 2.23. The van der Waals surface area contributed by atoms with Crippen LogP contribution in [0.3, 0.4) is 0 Å². The predicted molar refractivity (Wildman–Crippen MR) is 96.2 cm³/mol. The van der Waals surface area contributed by atoms with E-state index in [1.807, 2.05) is 24.3 Å². The Kier molecular flexibility index (Phi) is 5.08. The van der Waals surface area contributed by atoms with Crippen molar-refractivity contribution < 1.29 is 9.53 Å². The summed E-state index contributed by atoms with van der Waals surface area (Å²) in [5, 5.41) is 0. The van der Waals surface area contributed by atoms with Gasteiger partial charge >= 0.3 is 0 Å². The molecule has 0 bridgehead atoms. The lowest BCUT2D eigenvalue weighted by molar-refractivity contribution is -0.112. The van der Waals surface area contributed by atoms with E-state index in [1.54, 1.807) is 0 Å². The first-order chi connectivity index (χ1) is 11.6. The van der Waals surface area contributed by atoms with Gasteiger partial charge in [-0.25, -0.2) is 0 Å². The molecule has 0 spiro atoms. The monoisotopic (exact) mass is 322 g/mol. The van der Waals surface area contributed by atoms with E-state index < -0.39 is 5.91 Å². The molecule has 1 fully saturated rings. The fourth-order valence-corrected chi connectivity index (χ4v) is 2.83. The highest BCUT2D eigenvalue weighted by atomic mass is 16.5. The Balaban J connectivity index is 1.68.